The quantitative estimate of drug-likeness (QED) is 0.119. The number of hydrogen-bond acceptors (Lipinski definition) is 11. The fourth-order valence-corrected chi connectivity index (χ4v) is 6.43. The number of phenols is 1. The molecule has 4 atom stereocenters. The number of urea groups is 1. The number of cyclic esters (lactones) is 1. The lowest BCUT2D eigenvalue weighted by Gasteiger charge is -2.39. The number of nitrogens with one attached hydrogen (secondary N) is 4. The highest BCUT2D eigenvalue weighted by Crippen LogP contribution is 2.55. The highest BCUT2D eigenvalue weighted by Gasteiger charge is 2.53. The van der Waals surface area contributed by atoms with Gasteiger partial charge in [-0.1, -0.05) is 0 Å². The molecule has 2 aromatic rings. The summed E-state index contributed by atoms with van der Waals surface area (Å²) in [4.78, 5) is 26.5. The first-order valence-corrected chi connectivity index (χ1v) is 15.7. The number of esters is 1. The standard InChI is InChI=1S/C32H45N5O8/c1-41-25-13-19(14-26(42-2)30(25)38)27-20-15-23-24(45-18-44-23)16-21(20)29(22-17-43-31(39)28(22)27)37-32(40)36-12-6-11-35-10-5-9-34-8-4-3-7-33/h13-16,22,27-29,34-35,38H,3-12,17-18,33H2,1-2H3,(H2,36,37,40)/t22?,27-,28+,29-/m1/s1. The van der Waals surface area contributed by atoms with Crippen molar-refractivity contribution >= 4 is 12.0 Å². The third-order valence-corrected chi connectivity index (χ3v) is 8.67. The summed E-state index contributed by atoms with van der Waals surface area (Å²) in [6, 6.07) is 6.31. The van der Waals surface area contributed by atoms with Crippen molar-refractivity contribution in [1.29, 1.82) is 0 Å². The fraction of sp³-hybridized carbons (Fsp3) is 0.562. The van der Waals surface area contributed by atoms with Gasteiger partial charge < -0.3 is 55.8 Å². The summed E-state index contributed by atoms with van der Waals surface area (Å²) >= 11 is 0. The average molecular weight is 628 g/mol. The summed E-state index contributed by atoms with van der Waals surface area (Å²) < 4.78 is 27.8. The molecule has 2 aliphatic heterocycles. The zero-order valence-electron chi connectivity index (χ0n) is 26.0. The molecule has 5 rings (SSSR count). The topological polar surface area (TPSA) is 175 Å². The van der Waals surface area contributed by atoms with Gasteiger partial charge in [0.25, 0.3) is 0 Å². The number of nitrogens with two attached hydrogens (primary N) is 1. The summed E-state index contributed by atoms with van der Waals surface area (Å²) in [6.45, 7) is 5.11. The predicted molar refractivity (Wildman–Crippen MR) is 166 cm³/mol. The monoisotopic (exact) mass is 627 g/mol. The summed E-state index contributed by atoms with van der Waals surface area (Å²) in [7, 11) is 2.91. The number of carbonyl (C=O) groups is 2. The lowest BCUT2D eigenvalue weighted by Crippen LogP contribution is -2.46. The first-order valence-electron chi connectivity index (χ1n) is 15.7. The lowest BCUT2D eigenvalue weighted by atomic mass is 9.65. The molecular formula is C32H45N5O8. The Kier molecular flexibility index (Phi) is 11.1. The van der Waals surface area contributed by atoms with Crippen LogP contribution in [0.2, 0.25) is 0 Å². The molecule has 1 aliphatic carbocycles. The molecule has 45 heavy (non-hydrogen) atoms. The van der Waals surface area contributed by atoms with Gasteiger partial charge >= 0.3 is 12.0 Å². The molecule has 1 fully saturated rings. The minimum absolute atomic E-state index is 0.0799. The van der Waals surface area contributed by atoms with Crippen molar-refractivity contribution in [3.63, 3.8) is 0 Å². The molecular weight excluding hydrogens is 582 g/mol. The molecule has 2 amide bonds. The van der Waals surface area contributed by atoms with Crippen LogP contribution in [0.1, 0.15) is 54.3 Å². The Morgan fingerprint density at radius 1 is 0.889 bits per heavy atom. The van der Waals surface area contributed by atoms with E-state index >= 15 is 0 Å². The van der Waals surface area contributed by atoms with Crippen LogP contribution >= 0.6 is 0 Å². The Bertz CT molecular complexity index is 1320. The second-order valence-corrected chi connectivity index (χ2v) is 11.5. The molecule has 0 aromatic heterocycles. The number of phenolic OH excluding ortho intramolecular Hbond substituents is 1. The van der Waals surface area contributed by atoms with Crippen LogP contribution in [0, 0.1) is 11.8 Å². The first-order chi connectivity index (χ1) is 22.0. The summed E-state index contributed by atoms with van der Waals surface area (Å²) in [5.41, 5.74) is 7.81. The number of amides is 2. The molecule has 13 heteroatoms. The normalized spacial score (nSPS) is 21.1. The van der Waals surface area contributed by atoms with Crippen LogP contribution in [0.15, 0.2) is 24.3 Å². The molecule has 3 aliphatic rings. The van der Waals surface area contributed by atoms with Gasteiger partial charge in [0, 0.05) is 18.4 Å². The number of methoxy groups -OCH3 is 2. The van der Waals surface area contributed by atoms with E-state index in [1.54, 1.807) is 12.1 Å². The first kappa shape index (κ1) is 32.5. The number of benzene rings is 2. The van der Waals surface area contributed by atoms with Gasteiger partial charge in [-0.25, -0.2) is 4.79 Å². The molecule has 13 nitrogen and oxygen atoms in total. The van der Waals surface area contributed by atoms with Crippen molar-refractivity contribution in [2.45, 2.75) is 37.6 Å². The summed E-state index contributed by atoms with van der Waals surface area (Å²) in [5, 5.41) is 23.5. The zero-order chi connectivity index (χ0) is 31.8. The molecule has 1 saturated heterocycles. The number of unbranched alkanes of at least 4 members (excludes halogenated alkanes) is 1. The minimum Gasteiger partial charge on any atom is -0.502 e. The maximum atomic E-state index is 13.3. The Balaban J connectivity index is 1.27. The van der Waals surface area contributed by atoms with E-state index in [2.05, 4.69) is 21.3 Å². The van der Waals surface area contributed by atoms with E-state index in [0.29, 0.717) is 23.6 Å². The predicted octanol–water partition coefficient (Wildman–Crippen LogP) is 2.11. The second kappa shape index (κ2) is 15.4. The van der Waals surface area contributed by atoms with Gasteiger partial charge in [0.1, 0.15) is 0 Å². The Morgan fingerprint density at radius 3 is 2.16 bits per heavy atom. The minimum atomic E-state index is -0.610. The highest BCUT2D eigenvalue weighted by atomic mass is 16.7. The Morgan fingerprint density at radius 2 is 1.51 bits per heavy atom. The van der Waals surface area contributed by atoms with Gasteiger partial charge in [-0.3, -0.25) is 4.79 Å². The van der Waals surface area contributed by atoms with Crippen molar-refractivity contribution in [3.05, 3.63) is 41.0 Å². The van der Waals surface area contributed by atoms with Crippen LogP contribution in [0.25, 0.3) is 0 Å². The smallest absolute Gasteiger partial charge is 0.315 e. The number of carbonyl (C=O) groups excluding carboxylic acids is 2. The van der Waals surface area contributed by atoms with Crippen molar-refractivity contribution in [2.24, 2.45) is 17.6 Å². The van der Waals surface area contributed by atoms with E-state index in [9.17, 15) is 14.7 Å². The van der Waals surface area contributed by atoms with Crippen LogP contribution < -0.4 is 45.9 Å². The SMILES string of the molecule is COc1cc([C@@H]2c3cc4c(cc3[C@@H](NC(=O)NCCCNCCCNCCCCN)C3COC(=O)[C@@H]32)OCO4)cc(OC)c1O. The Hall–Kier alpha value is -3.94. The molecule has 0 spiro atoms. The van der Waals surface area contributed by atoms with Crippen LogP contribution in [0.5, 0.6) is 28.7 Å². The van der Waals surface area contributed by atoms with Gasteiger partial charge in [-0.05, 0) is 99.4 Å². The second-order valence-electron chi connectivity index (χ2n) is 11.5. The molecule has 7 N–H and O–H groups in total. The van der Waals surface area contributed by atoms with E-state index in [1.165, 1.54) is 14.2 Å². The lowest BCUT2D eigenvalue weighted by molar-refractivity contribution is -0.141. The number of fused-ring (bicyclic) bond motifs is 3. The molecule has 0 radical (unpaired) electrons. The number of aromatic hydroxyl groups is 1. The van der Waals surface area contributed by atoms with Crippen LogP contribution in [0.3, 0.4) is 0 Å². The van der Waals surface area contributed by atoms with Gasteiger partial charge in [0.15, 0.2) is 23.0 Å². The van der Waals surface area contributed by atoms with E-state index in [4.69, 9.17) is 29.4 Å². The third kappa shape index (κ3) is 7.32. The number of rotatable bonds is 16. The number of ether oxygens (including phenoxy) is 5. The van der Waals surface area contributed by atoms with Crippen molar-refractivity contribution in [3.8, 4) is 28.7 Å². The van der Waals surface area contributed by atoms with Crippen LogP contribution in [0.4, 0.5) is 4.79 Å². The van der Waals surface area contributed by atoms with Crippen molar-refractivity contribution in [1.82, 2.24) is 21.3 Å². The molecule has 1 unspecified atom stereocenters. The van der Waals surface area contributed by atoms with Crippen LogP contribution in [-0.2, 0) is 9.53 Å². The zero-order valence-corrected chi connectivity index (χ0v) is 26.0. The Labute approximate surface area is 263 Å². The molecule has 2 aromatic carbocycles. The summed E-state index contributed by atoms with van der Waals surface area (Å²) in [6.07, 6.45) is 3.95. The number of hydrogen-bond donors (Lipinski definition) is 6. The summed E-state index contributed by atoms with van der Waals surface area (Å²) in [5.74, 6) is -0.361. The van der Waals surface area contributed by atoms with Gasteiger partial charge in [0.05, 0.1) is 32.8 Å². The van der Waals surface area contributed by atoms with Crippen molar-refractivity contribution < 1.29 is 38.4 Å². The third-order valence-electron chi connectivity index (χ3n) is 8.67. The molecule has 0 bridgehead atoms. The maximum Gasteiger partial charge on any atom is 0.315 e. The highest BCUT2D eigenvalue weighted by molar-refractivity contribution is 5.80. The van der Waals surface area contributed by atoms with Crippen LogP contribution in [-0.4, -0.2) is 84.0 Å². The van der Waals surface area contributed by atoms with Crippen molar-refractivity contribution in [2.75, 3.05) is 66.9 Å². The van der Waals surface area contributed by atoms with E-state index in [1.807, 2.05) is 12.1 Å². The van der Waals surface area contributed by atoms with Gasteiger partial charge in [0.2, 0.25) is 12.5 Å². The van der Waals surface area contributed by atoms with E-state index < -0.39 is 17.9 Å². The molecule has 2 heterocycles. The molecule has 246 valence electrons. The fourth-order valence-electron chi connectivity index (χ4n) is 6.43. The van der Waals surface area contributed by atoms with E-state index in [-0.39, 0.29) is 48.6 Å². The van der Waals surface area contributed by atoms with Gasteiger partial charge in [-0.2, -0.15) is 0 Å². The largest absolute Gasteiger partial charge is 0.502 e. The van der Waals surface area contributed by atoms with E-state index in [0.717, 1.165) is 69.5 Å². The maximum absolute atomic E-state index is 13.3. The molecule has 0 saturated carbocycles. The van der Waals surface area contributed by atoms with Gasteiger partial charge in [-0.15, -0.1) is 0 Å². The average Bonchev–Trinajstić information content (AvgIpc) is 3.67.